The molecule has 176 valence electrons. The van der Waals surface area contributed by atoms with Crippen LogP contribution >= 0.6 is 0 Å². The van der Waals surface area contributed by atoms with E-state index in [0.717, 1.165) is 0 Å². The number of alkyl halides is 1. The lowest BCUT2D eigenvalue weighted by atomic mass is 9.73. The third-order valence-electron chi connectivity index (χ3n) is 5.43. The van der Waals surface area contributed by atoms with E-state index in [1.54, 1.807) is 0 Å². The molecule has 2 atom stereocenters. The highest BCUT2D eigenvalue weighted by molar-refractivity contribution is 5.82. The van der Waals surface area contributed by atoms with E-state index in [1.165, 1.54) is 0 Å². The van der Waals surface area contributed by atoms with Crippen molar-refractivity contribution in [3.8, 4) is 11.1 Å². The molecule has 2 aromatic rings. The molecule has 0 bridgehead atoms. The molecule has 0 saturated heterocycles. The summed E-state index contributed by atoms with van der Waals surface area (Å²) in [5.74, 6) is -36.9. The van der Waals surface area contributed by atoms with Crippen molar-refractivity contribution < 1.29 is 62.2 Å². The predicted molar refractivity (Wildman–Crippen MR) is 81.7 cm³/mol. The molecule has 14 heteroatoms. The maximum absolute atomic E-state index is 14.6. The molecule has 33 heavy (non-hydrogen) atoms. The van der Waals surface area contributed by atoms with E-state index in [4.69, 9.17) is 0 Å². The lowest BCUT2D eigenvalue weighted by Crippen LogP contribution is -2.49. The average Bonchev–Trinajstić information content (AvgIpc) is 3.16. The van der Waals surface area contributed by atoms with Gasteiger partial charge < -0.3 is 5.11 Å². The van der Waals surface area contributed by atoms with E-state index in [1.807, 2.05) is 0 Å². The minimum Gasteiger partial charge on any atom is -0.378 e. The third-order valence-corrected chi connectivity index (χ3v) is 5.43. The minimum absolute atomic E-state index is 1.97. The highest BCUT2D eigenvalue weighted by atomic mass is 19.2. The molecule has 2 aromatic carbocycles. The van der Waals surface area contributed by atoms with Crippen LogP contribution < -0.4 is 0 Å². The number of allylic oxidation sites excluding steroid dienone is 2. The van der Waals surface area contributed by atoms with Crippen molar-refractivity contribution in [2.75, 3.05) is 0 Å². The van der Waals surface area contributed by atoms with Crippen molar-refractivity contribution in [3.63, 3.8) is 0 Å². The van der Waals surface area contributed by atoms with Gasteiger partial charge in [-0.05, 0) is 0 Å². The summed E-state index contributed by atoms with van der Waals surface area (Å²) in [6.07, 6.45) is -4.12. The van der Waals surface area contributed by atoms with Crippen molar-refractivity contribution in [2.45, 2.75) is 17.7 Å². The summed E-state index contributed by atoms with van der Waals surface area (Å²) in [5.41, 5.74) is -12.7. The van der Waals surface area contributed by atoms with Crippen molar-refractivity contribution in [2.24, 2.45) is 0 Å². The SMILES string of the molecule is OC1(C2c3c(F)c(F)c(F)c(F)c3-c3c(F)c(F)c(F)c(F)c32)C(F)=C(F)C(F)=C(F)C1F. The van der Waals surface area contributed by atoms with Gasteiger partial charge in [0.1, 0.15) is 0 Å². The van der Waals surface area contributed by atoms with E-state index < -0.39 is 110 Å². The fourth-order valence-corrected chi connectivity index (χ4v) is 3.98. The number of halogens is 13. The van der Waals surface area contributed by atoms with E-state index in [-0.39, 0.29) is 0 Å². The Morgan fingerprint density at radius 2 is 0.879 bits per heavy atom. The first-order valence-corrected chi connectivity index (χ1v) is 8.40. The van der Waals surface area contributed by atoms with Crippen LogP contribution in [0.15, 0.2) is 23.3 Å². The molecule has 0 radical (unpaired) electrons. The second-order valence-corrected chi connectivity index (χ2v) is 7.00. The zero-order chi connectivity index (χ0) is 24.9. The highest BCUT2D eigenvalue weighted by Crippen LogP contribution is 2.60. The number of hydrogen-bond donors (Lipinski definition) is 1. The Hall–Kier alpha value is -3.03. The summed E-state index contributed by atoms with van der Waals surface area (Å²) < 4.78 is 184. The van der Waals surface area contributed by atoms with Crippen LogP contribution in [0.2, 0.25) is 0 Å². The Morgan fingerprint density at radius 1 is 0.515 bits per heavy atom. The first-order chi connectivity index (χ1) is 15.2. The van der Waals surface area contributed by atoms with Gasteiger partial charge in [-0.3, -0.25) is 0 Å². The molecule has 0 saturated carbocycles. The monoisotopic (exact) mass is 494 g/mol. The lowest BCUT2D eigenvalue weighted by Gasteiger charge is -2.38. The second-order valence-electron chi connectivity index (χ2n) is 7.00. The van der Waals surface area contributed by atoms with Gasteiger partial charge in [0.05, 0.1) is 5.92 Å². The zero-order valence-electron chi connectivity index (χ0n) is 15.0. The van der Waals surface area contributed by atoms with Gasteiger partial charge in [-0.25, -0.2) is 57.1 Å². The average molecular weight is 494 g/mol. The molecule has 2 unspecified atom stereocenters. The maximum Gasteiger partial charge on any atom is 0.198 e. The molecule has 0 amide bonds. The van der Waals surface area contributed by atoms with Crippen LogP contribution in [-0.2, 0) is 0 Å². The van der Waals surface area contributed by atoms with Gasteiger partial charge in [0.2, 0.25) is 0 Å². The molecule has 4 rings (SSSR count). The second kappa shape index (κ2) is 6.98. The standard InChI is InChI=1S/C19H3F13O/c20-6-1-2-4(9(23)13(27)11(25)7(2)21)5(3(1)8(22)12(26)10(6)24)19(33)17(31)15(29)14(28)16(30)18(19)32/h5,17,33H. The Kier molecular flexibility index (Phi) is 4.90. The number of fused-ring (bicyclic) bond motifs is 3. The van der Waals surface area contributed by atoms with Gasteiger partial charge in [-0.1, -0.05) is 0 Å². The number of rotatable bonds is 1. The van der Waals surface area contributed by atoms with Crippen LogP contribution in [0.4, 0.5) is 57.1 Å². The van der Waals surface area contributed by atoms with Crippen molar-refractivity contribution >= 4 is 0 Å². The van der Waals surface area contributed by atoms with Gasteiger partial charge in [0, 0.05) is 22.3 Å². The smallest absolute Gasteiger partial charge is 0.198 e. The normalized spacial score (nSPS) is 22.9. The van der Waals surface area contributed by atoms with Crippen LogP contribution in [0.1, 0.15) is 17.0 Å². The number of aliphatic hydroxyl groups is 1. The first kappa shape index (κ1) is 23.1. The molecule has 0 fully saturated rings. The van der Waals surface area contributed by atoms with Crippen molar-refractivity contribution in [3.05, 3.63) is 81.0 Å². The lowest BCUT2D eigenvalue weighted by molar-refractivity contribution is -0.0357. The Balaban J connectivity index is 2.26. The minimum atomic E-state index is -4.67. The molecule has 2 aliphatic rings. The fraction of sp³-hybridized carbons (Fsp3) is 0.158. The van der Waals surface area contributed by atoms with Crippen LogP contribution in [0.5, 0.6) is 0 Å². The van der Waals surface area contributed by atoms with Gasteiger partial charge in [0.25, 0.3) is 0 Å². The Labute approximate surface area is 173 Å². The van der Waals surface area contributed by atoms with Crippen LogP contribution in [0.3, 0.4) is 0 Å². The van der Waals surface area contributed by atoms with Crippen LogP contribution in [0.25, 0.3) is 11.1 Å². The quantitative estimate of drug-likeness (QED) is 0.281. The van der Waals surface area contributed by atoms with E-state index in [2.05, 4.69) is 0 Å². The van der Waals surface area contributed by atoms with Gasteiger partial charge in [-0.2, -0.15) is 0 Å². The first-order valence-electron chi connectivity index (χ1n) is 8.40. The van der Waals surface area contributed by atoms with Crippen LogP contribution in [0, 0.1) is 46.5 Å². The van der Waals surface area contributed by atoms with Gasteiger partial charge >= 0.3 is 0 Å². The molecule has 1 nitrogen and oxygen atoms in total. The Bertz CT molecular complexity index is 1260. The molecular formula is C19H3F13O. The molecule has 0 spiro atoms. The summed E-state index contributed by atoms with van der Waals surface area (Å²) in [7, 11) is 0. The van der Waals surface area contributed by atoms with Gasteiger partial charge in [0.15, 0.2) is 81.6 Å². The summed E-state index contributed by atoms with van der Waals surface area (Å²) >= 11 is 0. The summed E-state index contributed by atoms with van der Waals surface area (Å²) in [6.45, 7) is 0. The van der Waals surface area contributed by atoms with Crippen LogP contribution in [-0.4, -0.2) is 16.9 Å². The summed E-state index contributed by atoms with van der Waals surface area (Å²) in [5, 5.41) is 10.5. The maximum atomic E-state index is 14.6. The van der Waals surface area contributed by atoms with Gasteiger partial charge in [-0.15, -0.1) is 0 Å². The number of hydrogen-bond acceptors (Lipinski definition) is 1. The Morgan fingerprint density at radius 3 is 1.27 bits per heavy atom. The summed E-state index contributed by atoms with van der Waals surface area (Å²) in [4.78, 5) is 0. The van der Waals surface area contributed by atoms with E-state index >= 15 is 0 Å². The van der Waals surface area contributed by atoms with E-state index in [9.17, 15) is 62.2 Å². The highest BCUT2D eigenvalue weighted by Gasteiger charge is 2.62. The van der Waals surface area contributed by atoms with Crippen molar-refractivity contribution in [1.82, 2.24) is 0 Å². The van der Waals surface area contributed by atoms with Crippen molar-refractivity contribution in [1.29, 1.82) is 0 Å². The van der Waals surface area contributed by atoms with E-state index in [0.29, 0.717) is 0 Å². The molecule has 1 N–H and O–H groups in total. The predicted octanol–water partition coefficient (Wildman–Crippen LogP) is 6.30. The topological polar surface area (TPSA) is 20.2 Å². The largest absolute Gasteiger partial charge is 0.378 e. The molecule has 0 heterocycles. The summed E-state index contributed by atoms with van der Waals surface area (Å²) in [6, 6.07) is 0. The third kappa shape index (κ3) is 2.55. The molecule has 0 aliphatic heterocycles. The molecule has 2 aliphatic carbocycles. The zero-order valence-corrected chi connectivity index (χ0v) is 15.0. The molecule has 0 aromatic heterocycles. The number of benzene rings is 2. The fourth-order valence-electron chi connectivity index (χ4n) is 3.98. The molecular weight excluding hydrogens is 491 g/mol.